The van der Waals surface area contributed by atoms with Crippen LogP contribution < -0.4 is 16.0 Å². The van der Waals surface area contributed by atoms with Gasteiger partial charge in [0.05, 0.1) is 22.6 Å². The highest BCUT2D eigenvalue weighted by Crippen LogP contribution is 2.31. The van der Waals surface area contributed by atoms with Crippen LogP contribution in [0.2, 0.25) is 0 Å². The van der Waals surface area contributed by atoms with Crippen LogP contribution >= 0.6 is 27.3 Å². The van der Waals surface area contributed by atoms with Crippen LogP contribution in [0, 0.1) is 0 Å². The van der Waals surface area contributed by atoms with Gasteiger partial charge in [-0.3, -0.25) is 10.8 Å². The Morgan fingerprint density at radius 2 is 2.32 bits per heavy atom. The highest BCUT2D eigenvalue weighted by atomic mass is 79.9. The van der Waals surface area contributed by atoms with E-state index in [-0.39, 0.29) is 6.04 Å². The first kappa shape index (κ1) is 14.5. The van der Waals surface area contributed by atoms with E-state index in [1.807, 2.05) is 18.2 Å². The molecule has 6 heteroatoms. The quantitative estimate of drug-likeness (QED) is 0.625. The summed E-state index contributed by atoms with van der Waals surface area (Å²) in [5, 5.41) is 0. The number of pyridine rings is 1. The van der Waals surface area contributed by atoms with Gasteiger partial charge >= 0.3 is 0 Å². The molecule has 2 rings (SSSR count). The first-order valence-electron chi connectivity index (χ1n) is 6.03. The molecule has 0 saturated carbocycles. The fourth-order valence-electron chi connectivity index (χ4n) is 1.72. The zero-order valence-corrected chi connectivity index (χ0v) is 13.0. The molecular formula is C13H16BrN3OS. The number of hydrogen-bond donors (Lipinski definition) is 2. The van der Waals surface area contributed by atoms with Crippen LogP contribution in [0.15, 0.2) is 34.4 Å². The first-order chi connectivity index (χ1) is 9.24. The van der Waals surface area contributed by atoms with Crippen LogP contribution in [0.25, 0.3) is 0 Å². The normalized spacial score (nSPS) is 12.4. The van der Waals surface area contributed by atoms with Gasteiger partial charge in [0, 0.05) is 11.1 Å². The highest BCUT2D eigenvalue weighted by molar-refractivity contribution is 9.11. The molecule has 102 valence electrons. The van der Waals surface area contributed by atoms with E-state index in [9.17, 15) is 0 Å². The standard InChI is InChI=1S/C13H16BrN3OS/c1-2-5-18-10-6-9(7-16-8-10)13(17-15)11-3-4-12(14)19-11/h3-4,6-8,13,17H,2,5,15H2,1H3. The molecule has 1 atom stereocenters. The summed E-state index contributed by atoms with van der Waals surface area (Å²) in [6.07, 6.45) is 4.49. The zero-order valence-electron chi connectivity index (χ0n) is 10.6. The first-order valence-corrected chi connectivity index (χ1v) is 7.64. The molecule has 0 aromatic carbocycles. The molecular weight excluding hydrogens is 326 g/mol. The third kappa shape index (κ3) is 3.76. The Hall–Kier alpha value is -0.950. The van der Waals surface area contributed by atoms with Crippen LogP contribution in [0.5, 0.6) is 5.75 Å². The van der Waals surface area contributed by atoms with Crippen molar-refractivity contribution in [3.63, 3.8) is 0 Å². The lowest BCUT2D eigenvalue weighted by Gasteiger charge is -2.15. The largest absolute Gasteiger partial charge is 0.492 e. The number of nitrogens with zero attached hydrogens (tertiary/aromatic N) is 1. The Balaban J connectivity index is 2.23. The highest BCUT2D eigenvalue weighted by Gasteiger charge is 2.15. The van der Waals surface area contributed by atoms with Gasteiger partial charge in [0.2, 0.25) is 0 Å². The van der Waals surface area contributed by atoms with Crippen molar-refractivity contribution in [1.82, 2.24) is 10.4 Å². The molecule has 0 bridgehead atoms. The molecule has 0 spiro atoms. The van der Waals surface area contributed by atoms with Gasteiger partial charge in [-0.2, -0.15) is 0 Å². The lowest BCUT2D eigenvalue weighted by Crippen LogP contribution is -2.28. The van der Waals surface area contributed by atoms with Crippen molar-refractivity contribution in [2.45, 2.75) is 19.4 Å². The van der Waals surface area contributed by atoms with Gasteiger partial charge in [0.1, 0.15) is 5.75 Å². The predicted molar refractivity (Wildman–Crippen MR) is 81.2 cm³/mol. The molecule has 19 heavy (non-hydrogen) atoms. The van der Waals surface area contributed by atoms with E-state index in [1.165, 1.54) is 0 Å². The molecule has 1 unspecified atom stereocenters. The summed E-state index contributed by atoms with van der Waals surface area (Å²) < 4.78 is 6.67. The number of halogens is 1. The van der Waals surface area contributed by atoms with E-state index in [2.05, 4.69) is 33.3 Å². The minimum Gasteiger partial charge on any atom is -0.492 e. The minimum atomic E-state index is -0.0750. The fourth-order valence-corrected chi connectivity index (χ4v) is 3.23. The Labute approximate surface area is 125 Å². The maximum absolute atomic E-state index is 5.67. The molecule has 4 nitrogen and oxygen atoms in total. The number of aromatic nitrogens is 1. The van der Waals surface area contributed by atoms with E-state index in [0.29, 0.717) is 6.61 Å². The summed E-state index contributed by atoms with van der Waals surface area (Å²) in [6, 6.07) is 5.95. The van der Waals surface area contributed by atoms with Gasteiger partial charge in [-0.05, 0) is 46.1 Å². The van der Waals surface area contributed by atoms with E-state index >= 15 is 0 Å². The average Bonchev–Trinajstić information content (AvgIpc) is 2.84. The van der Waals surface area contributed by atoms with Gasteiger partial charge in [-0.15, -0.1) is 11.3 Å². The van der Waals surface area contributed by atoms with Gasteiger partial charge in [-0.1, -0.05) is 6.92 Å². The summed E-state index contributed by atoms with van der Waals surface area (Å²) in [6.45, 7) is 2.76. The molecule has 3 N–H and O–H groups in total. The van der Waals surface area contributed by atoms with Gasteiger partial charge in [-0.25, -0.2) is 5.43 Å². The van der Waals surface area contributed by atoms with Gasteiger partial charge < -0.3 is 4.74 Å². The lowest BCUT2D eigenvalue weighted by atomic mass is 10.1. The minimum absolute atomic E-state index is 0.0750. The molecule has 0 saturated heterocycles. The van der Waals surface area contributed by atoms with Crippen molar-refractivity contribution in [2.75, 3.05) is 6.61 Å². The van der Waals surface area contributed by atoms with Crippen LogP contribution in [0.4, 0.5) is 0 Å². The van der Waals surface area contributed by atoms with Crippen molar-refractivity contribution in [1.29, 1.82) is 0 Å². The molecule has 0 aliphatic carbocycles. The number of nitrogens with one attached hydrogen (secondary N) is 1. The van der Waals surface area contributed by atoms with E-state index in [0.717, 1.165) is 26.4 Å². The van der Waals surface area contributed by atoms with Crippen LogP contribution in [0.3, 0.4) is 0 Å². The summed E-state index contributed by atoms with van der Waals surface area (Å²) in [7, 11) is 0. The van der Waals surface area contributed by atoms with Crippen molar-refractivity contribution in [2.24, 2.45) is 5.84 Å². The summed E-state index contributed by atoms with van der Waals surface area (Å²) in [5.74, 6) is 6.44. The van der Waals surface area contributed by atoms with Gasteiger partial charge in [0.25, 0.3) is 0 Å². The monoisotopic (exact) mass is 341 g/mol. The summed E-state index contributed by atoms with van der Waals surface area (Å²) in [5.41, 5.74) is 3.82. The third-order valence-corrected chi connectivity index (χ3v) is 4.27. The second kappa shape index (κ2) is 7.00. The van der Waals surface area contributed by atoms with Crippen molar-refractivity contribution < 1.29 is 4.74 Å². The average molecular weight is 342 g/mol. The smallest absolute Gasteiger partial charge is 0.137 e. The van der Waals surface area contributed by atoms with Crippen molar-refractivity contribution in [3.8, 4) is 5.75 Å². The Bertz CT molecular complexity index is 532. The molecule has 0 fully saturated rings. The topological polar surface area (TPSA) is 60.2 Å². The zero-order chi connectivity index (χ0) is 13.7. The number of thiophene rings is 1. The maximum Gasteiger partial charge on any atom is 0.137 e. The lowest BCUT2D eigenvalue weighted by molar-refractivity contribution is 0.315. The van der Waals surface area contributed by atoms with Crippen molar-refractivity contribution in [3.05, 3.63) is 44.8 Å². The number of ether oxygens (including phenoxy) is 1. The fraction of sp³-hybridized carbons (Fsp3) is 0.308. The van der Waals surface area contributed by atoms with E-state index < -0.39 is 0 Å². The molecule has 0 aliphatic heterocycles. The Kier molecular flexibility index (Phi) is 5.33. The van der Waals surface area contributed by atoms with E-state index in [1.54, 1.807) is 23.7 Å². The second-order valence-corrected chi connectivity index (χ2v) is 6.54. The molecule has 0 amide bonds. The van der Waals surface area contributed by atoms with Gasteiger partial charge in [0.15, 0.2) is 0 Å². The molecule has 2 aromatic heterocycles. The van der Waals surface area contributed by atoms with E-state index in [4.69, 9.17) is 10.6 Å². The van der Waals surface area contributed by atoms with Crippen LogP contribution in [-0.4, -0.2) is 11.6 Å². The summed E-state index contributed by atoms with van der Waals surface area (Å²) in [4.78, 5) is 5.34. The third-order valence-electron chi connectivity index (χ3n) is 2.59. The van der Waals surface area contributed by atoms with Crippen LogP contribution in [-0.2, 0) is 0 Å². The van der Waals surface area contributed by atoms with Crippen molar-refractivity contribution >= 4 is 27.3 Å². The number of hydrazine groups is 1. The SMILES string of the molecule is CCCOc1cncc(C(NN)c2ccc(Br)s2)c1. The second-order valence-electron chi connectivity index (χ2n) is 4.04. The number of nitrogens with two attached hydrogens (primary N) is 1. The molecule has 0 radical (unpaired) electrons. The molecule has 2 aromatic rings. The number of hydrogen-bond acceptors (Lipinski definition) is 5. The predicted octanol–water partition coefficient (Wildman–Crippen LogP) is 3.25. The number of rotatable bonds is 6. The molecule has 2 heterocycles. The molecule has 0 aliphatic rings. The van der Waals surface area contributed by atoms with Crippen LogP contribution in [0.1, 0.15) is 29.8 Å². The Morgan fingerprint density at radius 3 is 2.95 bits per heavy atom. The maximum atomic E-state index is 5.67. The summed E-state index contributed by atoms with van der Waals surface area (Å²) >= 11 is 5.11. The Morgan fingerprint density at radius 1 is 1.47 bits per heavy atom.